The molecule has 17 heavy (non-hydrogen) atoms. The fourth-order valence-electron chi connectivity index (χ4n) is 1.27. The molecule has 1 N–H and O–H groups in total. The first kappa shape index (κ1) is 12.0. The van der Waals surface area contributed by atoms with Gasteiger partial charge in [0.25, 0.3) is 0 Å². The maximum absolute atomic E-state index is 11.1. The normalized spacial score (nSPS) is 11.4. The Kier molecular flexibility index (Phi) is 4.01. The number of rotatable bonds is 4. The molecule has 0 radical (unpaired) electrons. The van der Waals surface area contributed by atoms with E-state index in [9.17, 15) is 4.79 Å². The number of thiophene rings is 1. The van der Waals surface area contributed by atoms with Crippen LogP contribution in [0.25, 0.3) is 5.57 Å². The lowest BCUT2D eigenvalue weighted by atomic mass is 10.2. The molecule has 0 atom stereocenters. The average molecular weight is 262 g/mol. The Morgan fingerprint density at radius 2 is 1.94 bits per heavy atom. The van der Waals surface area contributed by atoms with E-state index < -0.39 is 5.97 Å². The van der Waals surface area contributed by atoms with Gasteiger partial charge >= 0.3 is 5.97 Å². The van der Waals surface area contributed by atoms with E-state index in [0.29, 0.717) is 5.57 Å². The summed E-state index contributed by atoms with van der Waals surface area (Å²) < 4.78 is 0. The molecule has 0 aliphatic heterocycles. The van der Waals surface area contributed by atoms with E-state index in [1.165, 1.54) is 23.1 Å². The van der Waals surface area contributed by atoms with Crippen LogP contribution in [-0.2, 0) is 4.79 Å². The van der Waals surface area contributed by atoms with E-state index in [-0.39, 0.29) is 0 Å². The largest absolute Gasteiger partial charge is 0.478 e. The van der Waals surface area contributed by atoms with Crippen molar-refractivity contribution in [2.45, 2.75) is 4.90 Å². The number of benzene rings is 1. The molecule has 0 unspecified atom stereocenters. The van der Waals surface area contributed by atoms with E-state index in [1.54, 1.807) is 5.41 Å². The Hall–Kier alpha value is -1.52. The third-order valence-corrected chi connectivity index (χ3v) is 3.87. The second kappa shape index (κ2) is 5.70. The van der Waals surface area contributed by atoms with Gasteiger partial charge in [0, 0.05) is 9.77 Å². The molecular weight excluding hydrogens is 252 g/mol. The summed E-state index contributed by atoms with van der Waals surface area (Å²) in [5.74, 6) is -0.893. The highest BCUT2D eigenvalue weighted by atomic mass is 32.2. The molecule has 0 saturated carbocycles. The minimum atomic E-state index is -0.893. The predicted octanol–water partition coefficient (Wildman–Crippen LogP) is 3.97. The second-order valence-electron chi connectivity index (χ2n) is 3.24. The monoisotopic (exact) mass is 262 g/mol. The van der Waals surface area contributed by atoms with Gasteiger partial charge in [-0.15, -0.1) is 11.3 Å². The Bertz CT molecular complexity index is 516. The Labute approximate surface area is 108 Å². The van der Waals surface area contributed by atoms with Gasteiger partial charge in [0.2, 0.25) is 0 Å². The van der Waals surface area contributed by atoms with Crippen molar-refractivity contribution in [1.82, 2.24) is 0 Å². The second-order valence-corrected chi connectivity index (χ2v) is 5.14. The van der Waals surface area contributed by atoms with Gasteiger partial charge in [-0.05, 0) is 29.0 Å². The van der Waals surface area contributed by atoms with Crippen LogP contribution >= 0.6 is 23.1 Å². The van der Waals surface area contributed by atoms with Gasteiger partial charge in [0.05, 0.1) is 5.57 Å². The van der Waals surface area contributed by atoms with E-state index in [4.69, 9.17) is 5.11 Å². The van der Waals surface area contributed by atoms with Crippen LogP contribution in [0.1, 0.15) is 4.88 Å². The molecule has 2 nitrogen and oxygen atoms in total. The first-order chi connectivity index (χ1) is 8.27. The molecule has 0 aliphatic rings. The summed E-state index contributed by atoms with van der Waals surface area (Å²) in [6, 6.07) is 13.4. The SMILES string of the molecule is O=C(O)C(=CSc1ccccc1)c1cccs1. The Balaban J connectivity index is 2.21. The minimum Gasteiger partial charge on any atom is -0.478 e. The van der Waals surface area contributed by atoms with Crippen LogP contribution in [0, 0.1) is 0 Å². The topological polar surface area (TPSA) is 37.3 Å². The number of carbonyl (C=O) groups is 1. The van der Waals surface area contributed by atoms with Crippen LogP contribution in [0.5, 0.6) is 0 Å². The van der Waals surface area contributed by atoms with Crippen molar-refractivity contribution in [3.05, 3.63) is 58.1 Å². The van der Waals surface area contributed by atoms with Crippen molar-refractivity contribution in [3.8, 4) is 0 Å². The van der Waals surface area contributed by atoms with Crippen LogP contribution in [0.2, 0.25) is 0 Å². The highest BCUT2D eigenvalue weighted by molar-refractivity contribution is 8.02. The maximum Gasteiger partial charge on any atom is 0.337 e. The van der Waals surface area contributed by atoms with Crippen molar-refractivity contribution in [2.75, 3.05) is 0 Å². The molecule has 0 spiro atoms. The molecule has 0 bridgehead atoms. The summed E-state index contributed by atoms with van der Waals surface area (Å²) in [6.45, 7) is 0. The smallest absolute Gasteiger partial charge is 0.337 e. The molecule has 0 saturated heterocycles. The molecule has 4 heteroatoms. The van der Waals surface area contributed by atoms with Crippen LogP contribution in [0.3, 0.4) is 0 Å². The predicted molar refractivity (Wildman–Crippen MR) is 72.2 cm³/mol. The summed E-state index contributed by atoms with van der Waals surface area (Å²) in [5.41, 5.74) is 0.342. The van der Waals surface area contributed by atoms with Crippen molar-refractivity contribution < 1.29 is 9.90 Å². The average Bonchev–Trinajstić information content (AvgIpc) is 2.84. The quantitative estimate of drug-likeness (QED) is 0.669. The zero-order valence-electron chi connectivity index (χ0n) is 8.87. The van der Waals surface area contributed by atoms with Crippen LogP contribution in [-0.4, -0.2) is 11.1 Å². The van der Waals surface area contributed by atoms with Gasteiger partial charge in [-0.2, -0.15) is 0 Å². The molecule has 1 aromatic carbocycles. The highest BCUT2D eigenvalue weighted by Crippen LogP contribution is 2.27. The number of aliphatic carboxylic acids is 1. The van der Waals surface area contributed by atoms with Crippen molar-refractivity contribution in [2.24, 2.45) is 0 Å². The molecule has 0 amide bonds. The number of hydrogen-bond donors (Lipinski definition) is 1. The summed E-state index contributed by atoms with van der Waals surface area (Å²) in [4.78, 5) is 13.0. The van der Waals surface area contributed by atoms with Crippen molar-refractivity contribution >= 4 is 34.6 Å². The lowest BCUT2D eigenvalue weighted by Crippen LogP contribution is -1.96. The Morgan fingerprint density at radius 1 is 1.18 bits per heavy atom. The van der Waals surface area contributed by atoms with E-state index >= 15 is 0 Å². The lowest BCUT2D eigenvalue weighted by molar-refractivity contribution is -0.130. The molecule has 1 aromatic heterocycles. The molecule has 2 aromatic rings. The van der Waals surface area contributed by atoms with Gasteiger partial charge in [-0.25, -0.2) is 4.79 Å². The zero-order chi connectivity index (χ0) is 12.1. The number of thioether (sulfide) groups is 1. The molecule has 2 rings (SSSR count). The van der Waals surface area contributed by atoms with Gasteiger partial charge in [-0.3, -0.25) is 0 Å². The van der Waals surface area contributed by atoms with E-state index in [2.05, 4.69) is 0 Å². The van der Waals surface area contributed by atoms with Crippen LogP contribution < -0.4 is 0 Å². The number of hydrogen-bond acceptors (Lipinski definition) is 3. The van der Waals surface area contributed by atoms with E-state index in [1.807, 2.05) is 47.8 Å². The van der Waals surface area contributed by atoms with Gasteiger partial charge in [0.15, 0.2) is 0 Å². The summed E-state index contributed by atoms with van der Waals surface area (Å²) in [5, 5.41) is 12.7. The van der Waals surface area contributed by atoms with Crippen LogP contribution in [0.15, 0.2) is 58.1 Å². The summed E-state index contributed by atoms with van der Waals surface area (Å²) in [7, 11) is 0. The molecule has 0 aliphatic carbocycles. The van der Waals surface area contributed by atoms with Gasteiger partial charge in [-0.1, -0.05) is 36.0 Å². The summed E-state index contributed by atoms with van der Waals surface area (Å²) in [6.07, 6.45) is 0. The fraction of sp³-hybridized carbons (Fsp3) is 0. The lowest BCUT2D eigenvalue weighted by Gasteiger charge is -1.99. The Morgan fingerprint density at radius 3 is 2.53 bits per heavy atom. The fourth-order valence-corrected chi connectivity index (χ4v) is 2.88. The third kappa shape index (κ3) is 3.22. The molecule has 1 heterocycles. The van der Waals surface area contributed by atoms with E-state index in [0.717, 1.165) is 9.77 Å². The van der Waals surface area contributed by atoms with Crippen LogP contribution in [0.4, 0.5) is 0 Å². The minimum absolute atomic E-state index is 0.342. The van der Waals surface area contributed by atoms with Gasteiger partial charge < -0.3 is 5.11 Å². The standard InChI is InChI=1S/C13H10O2S2/c14-13(15)11(12-7-4-8-16-12)9-17-10-5-2-1-3-6-10/h1-9H,(H,14,15). The van der Waals surface area contributed by atoms with Gasteiger partial charge in [0.1, 0.15) is 0 Å². The summed E-state index contributed by atoms with van der Waals surface area (Å²) >= 11 is 2.85. The highest BCUT2D eigenvalue weighted by Gasteiger charge is 2.10. The zero-order valence-corrected chi connectivity index (χ0v) is 10.5. The molecule has 86 valence electrons. The van der Waals surface area contributed by atoms with Crippen molar-refractivity contribution in [1.29, 1.82) is 0 Å². The number of carboxylic acids is 1. The molecular formula is C13H10O2S2. The number of carboxylic acid groups (broad SMARTS) is 1. The molecule has 0 fully saturated rings. The maximum atomic E-state index is 11.1. The van der Waals surface area contributed by atoms with Crippen molar-refractivity contribution in [3.63, 3.8) is 0 Å². The third-order valence-electron chi connectivity index (χ3n) is 2.07. The first-order valence-corrected chi connectivity index (χ1v) is 6.72. The first-order valence-electron chi connectivity index (χ1n) is 4.96.